The molecule has 6 N–H and O–H groups in total. The van der Waals surface area contributed by atoms with Gasteiger partial charge in [-0.05, 0) is 23.8 Å². The highest BCUT2D eigenvalue weighted by Crippen LogP contribution is 2.30. The number of nitrogens with zero attached hydrogens (tertiary/aromatic N) is 1. The number of carbonyl (C=O) groups is 3. The van der Waals surface area contributed by atoms with Crippen molar-refractivity contribution in [3.05, 3.63) is 47.2 Å². The molecule has 0 radical (unpaired) electrons. The molecule has 1 aromatic heterocycles. The summed E-state index contributed by atoms with van der Waals surface area (Å²) < 4.78 is 10.6. The van der Waals surface area contributed by atoms with Crippen molar-refractivity contribution in [2.45, 2.75) is 30.7 Å². The molecule has 0 aliphatic carbocycles. The van der Waals surface area contributed by atoms with E-state index in [1.165, 1.54) is 12.3 Å². The molecule has 3 unspecified atom stereocenters. The molecule has 2 heterocycles. The van der Waals surface area contributed by atoms with Crippen LogP contribution in [0.25, 0.3) is 11.1 Å². The third-order valence-corrected chi connectivity index (χ3v) is 4.92. The molecular formula is C20H19ClN2O10. The van der Waals surface area contributed by atoms with Gasteiger partial charge in [0.25, 0.3) is 5.91 Å². The van der Waals surface area contributed by atoms with Crippen LogP contribution in [0.15, 0.2) is 36.5 Å². The van der Waals surface area contributed by atoms with Crippen molar-refractivity contribution in [2.75, 3.05) is 6.54 Å². The number of nitrogens with one attached hydrogen (secondary N) is 1. The van der Waals surface area contributed by atoms with Gasteiger partial charge in [0.1, 0.15) is 24.9 Å². The zero-order valence-corrected chi connectivity index (χ0v) is 17.4. The molecule has 12 nitrogen and oxygen atoms in total. The third kappa shape index (κ3) is 5.56. The number of aliphatic hydroxyl groups is 3. The Balaban J connectivity index is 1.99. The average molecular weight is 483 g/mol. The van der Waals surface area contributed by atoms with Crippen LogP contribution >= 0.6 is 11.6 Å². The van der Waals surface area contributed by atoms with Gasteiger partial charge in [0, 0.05) is 16.8 Å². The van der Waals surface area contributed by atoms with E-state index in [4.69, 9.17) is 26.2 Å². The first-order chi connectivity index (χ1) is 15.6. The molecule has 0 saturated carbocycles. The molecule has 176 valence electrons. The van der Waals surface area contributed by atoms with Gasteiger partial charge in [-0.3, -0.25) is 9.59 Å². The maximum Gasteiger partial charge on any atom is 0.335 e. The van der Waals surface area contributed by atoms with E-state index in [1.807, 2.05) is 0 Å². The summed E-state index contributed by atoms with van der Waals surface area (Å²) in [4.78, 5) is 38.6. The molecule has 1 aromatic carbocycles. The number of carbonyl (C=O) groups excluding carboxylic acids is 1. The molecule has 0 spiro atoms. The monoisotopic (exact) mass is 482 g/mol. The van der Waals surface area contributed by atoms with E-state index in [9.17, 15) is 34.8 Å². The summed E-state index contributed by atoms with van der Waals surface area (Å²) in [5.74, 6) is -4.18. The second-order valence-electron chi connectivity index (χ2n) is 7.01. The van der Waals surface area contributed by atoms with Gasteiger partial charge in [-0.25, -0.2) is 9.78 Å². The Morgan fingerprint density at radius 1 is 1.06 bits per heavy atom. The smallest absolute Gasteiger partial charge is 0.335 e. The van der Waals surface area contributed by atoms with Crippen LogP contribution in [0.4, 0.5) is 0 Å². The summed E-state index contributed by atoms with van der Waals surface area (Å²) in [6.07, 6.45) is -8.20. The molecule has 1 fully saturated rings. The molecule has 1 aliphatic heterocycles. The number of hydrogen-bond donors (Lipinski definition) is 6. The van der Waals surface area contributed by atoms with Crippen LogP contribution < -0.4 is 10.1 Å². The molecule has 0 bridgehead atoms. The van der Waals surface area contributed by atoms with Gasteiger partial charge in [-0.2, -0.15) is 0 Å². The Morgan fingerprint density at radius 2 is 1.79 bits per heavy atom. The fourth-order valence-corrected chi connectivity index (χ4v) is 3.24. The van der Waals surface area contributed by atoms with Gasteiger partial charge in [0.15, 0.2) is 17.5 Å². The van der Waals surface area contributed by atoms with Crippen molar-refractivity contribution in [1.82, 2.24) is 10.3 Å². The van der Waals surface area contributed by atoms with Crippen molar-refractivity contribution < 1.29 is 49.4 Å². The normalized spacial score (nSPS) is 24.7. The first-order valence-corrected chi connectivity index (χ1v) is 9.81. The maximum atomic E-state index is 12.5. The van der Waals surface area contributed by atoms with Gasteiger partial charge in [-0.1, -0.05) is 23.7 Å². The summed E-state index contributed by atoms with van der Waals surface area (Å²) in [6.45, 7) is -0.718. The highest BCUT2D eigenvalue weighted by Gasteiger charge is 2.48. The Kier molecular flexibility index (Phi) is 7.46. The van der Waals surface area contributed by atoms with E-state index in [1.54, 1.807) is 24.3 Å². The number of pyridine rings is 1. The van der Waals surface area contributed by atoms with Crippen molar-refractivity contribution in [1.29, 1.82) is 0 Å². The number of benzene rings is 1. The molecule has 5 atom stereocenters. The molecule has 33 heavy (non-hydrogen) atoms. The van der Waals surface area contributed by atoms with Crippen LogP contribution in [0.3, 0.4) is 0 Å². The predicted molar refractivity (Wildman–Crippen MR) is 110 cm³/mol. The number of carboxylic acid groups (broad SMARTS) is 2. The lowest BCUT2D eigenvalue weighted by molar-refractivity contribution is -0.271. The van der Waals surface area contributed by atoms with Crippen LogP contribution in [0.2, 0.25) is 5.02 Å². The zero-order chi connectivity index (χ0) is 24.3. The second kappa shape index (κ2) is 10.1. The van der Waals surface area contributed by atoms with Crippen LogP contribution in [-0.4, -0.2) is 85.6 Å². The Morgan fingerprint density at radius 3 is 2.42 bits per heavy atom. The number of carboxylic acids is 2. The summed E-state index contributed by atoms with van der Waals surface area (Å²) >= 11 is 6.01. The Bertz CT molecular complexity index is 1060. The molecule has 1 aliphatic rings. The number of amides is 1. The number of aromatic nitrogens is 1. The predicted octanol–water partition coefficient (Wildman–Crippen LogP) is -0.513. The van der Waals surface area contributed by atoms with Crippen LogP contribution in [-0.2, 0) is 14.3 Å². The largest absolute Gasteiger partial charge is 0.480 e. The van der Waals surface area contributed by atoms with Crippen molar-refractivity contribution in [3.8, 4) is 16.9 Å². The van der Waals surface area contributed by atoms with E-state index >= 15 is 0 Å². The number of ether oxygens (including phenoxy) is 2. The van der Waals surface area contributed by atoms with Crippen LogP contribution in [0.5, 0.6) is 5.75 Å². The van der Waals surface area contributed by atoms with Crippen LogP contribution in [0, 0.1) is 0 Å². The lowest BCUT2D eigenvalue weighted by Crippen LogP contribution is -2.61. The number of halogens is 1. The van der Waals surface area contributed by atoms with Crippen molar-refractivity contribution in [3.63, 3.8) is 0 Å². The first kappa shape index (κ1) is 24.4. The highest BCUT2D eigenvalue weighted by molar-refractivity contribution is 6.30. The topological polar surface area (TPSA) is 196 Å². The van der Waals surface area contributed by atoms with Gasteiger partial charge in [-0.15, -0.1) is 0 Å². The number of rotatable bonds is 7. The lowest BCUT2D eigenvalue weighted by atomic mass is 9.99. The molecule has 3 rings (SSSR count). The van der Waals surface area contributed by atoms with E-state index < -0.39 is 60.8 Å². The minimum Gasteiger partial charge on any atom is -0.480 e. The quantitative estimate of drug-likeness (QED) is 0.297. The molecule has 13 heteroatoms. The fourth-order valence-electron chi connectivity index (χ4n) is 3.04. The minimum absolute atomic E-state index is 0.313. The van der Waals surface area contributed by atoms with Gasteiger partial charge in [0.05, 0.1) is 0 Å². The fraction of sp³-hybridized carbons (Fsp3) is 0.300. The second-order valence-corrected chi connectivity index (χ2v) is 7.45. The van der Waals surface area contributed by atoms with Crippen molar-refractivity contribution >= 4 is 29.4 Å². The highest BCUT2D eigenvalue weighted by atomic mass is 35.5. The van der Waals surface area contributed by atoms with Gasteiger partial charge >= 0.3 is 11.9 Å². The number of hydrogen-bond acceptors (Lipinski definition) is 9. The summed E-state index contributed by atoms with van der Waals surface area (Å²) in [7, 11) is 0. The SMILES string of the molecule is O=C(O)CNC(=O)c1ncc(-c2cccc(Cl)c2)cc1O[C@@H]1OC(C(=O)O)[C@@H](O)C(O)C1O. The van der Waals surface area contributed by atoms with E-state index in [0.29, 0.717) is 16.1 Å². The molecular weight excluding hydrogens is 464 g/mol. The number of aliphatic hydroxyl groups excluding tert-OH is 3. The maximum absolute atomic E-state index is 12.5. The van der Waals surface area contributed by atoms with Crippen molar-refractivity contribution in [2.24, 2.45) is 0 Å². The van der Waals surface area contributed by atoms with E-state index in [0.717, 1.165) is 0 Å². The standard InChI is InChI=1S/C20H19ClN2O10/c21-10-3-1-2-8(4-10)9-5-11(13(22-6-9)18(29)23-7-12(24)25)32-20-16(28)14(26)15(27)17(33-20)19(30)31/h1-6,14-17,20,26-28H,7H2,(H,23,29)(H,24,25)(H,30,31)/t14?,15-,16?,17?,20+/m0/s1. The van der Waals surface area contributed by atoms with Crippen LogP contribution in [0.1, 0.15) is 10.5 Å². The Hall–Kier alpha value is -3.29. The Labute approximate surface area is 191 Å². The van der Waals surface area contributed by atoms with E-state index in [-0.39, 0.29) is 5.75 Å². The average Bonchev–Trinajstić information content (AvgIpc) is 2.77. The molecule has 2 aromatic rings. The minimum atomic E-state index is -1.94. The first-order valence-electron chi connectivity index (χ1n) is 9.43. The van der Waals surface area contributed by atoms with Gasteiger partial charge in [0.2, 0.25) is 6.29 Å². The molecule has 1 amide bonds. The number of aliphatic carboxylic acids is 2. The van der Waals surface area contributed by atoms with E-state index in [2.05, 4.69) is 10.3 Å². The third-order valence-electron chi connectivity index (χ3n) is 4.68. The van der Waals surface area contributed by atoms with Gasteiger partial charge < -0.3 is 40.3 Å². The zero-order valence-electron chi connectivity index (χ0n) is 16.7. The lowest BCUT2D eigenvalue weighted by Gasteiger charge is -2.38. The summed E-state index contributed by atoms with van der Waals surface area (Å²) in [6, 6.07) is 7.89. The summed E-state index contributed by atoms with van der Waals surface area (Å²) in [5, 5.41) is 50.6. The molecule has 1 saturated heterocycles. The summed E-state index contributed by atoms with van der Waals surface area (Å²) in [5.41, 5.74) is 0.578.